The quantitative estimate of drug-likeness (QED) is 0.0320. The molecule has 6 heteroatoms. The molecule has 0 aromatic heterocycles. The molecule has 0 bridgehead atoms. The Bertz CT molecular complexity index is 1270. The molecule has 0 heterocycles. The minimum atomic E-state index is -0.842. The second kappa shape index (κ2) is 62.1. The highest BCUT2D eigenvalue weighted by molar-refractivity contribution is 5.76. The van der Waals surface area contributed by atoms with Crippen molar-refractivity contribution in [2.45, 2.75) is 341 Å². The second-order valence-electron chi connectivity index (χ2n) is 21.7. The van der Waals surface area contributed by atoms with Gasteiger partial charge >= 0.3 is 5.97 Å². The third-order valence-electron chi connectivity index (χ3n) is 14.5. The first kappa shape index (κ1) is 70.6. The normalized spacial score (nSPS) is 13.0. The highest BCUT2D eigenvalue weighted by Gasteiger charge is 2.18. The highest BCUT2D eigenvalue weighted by Crippen LogP contribution is 2.17. The number of rotatable bonds is 59. The van der Waals surface area contributed by atoms with Gasteiger partial charge in [0.15, 0.2) is 0 Å². The molecule has 0 radical (unpaired) electrons. The Balaban J connectivity index is 3.38. The average Bonchev–Trinajstić information content (AvgIpc) is 3.39. The smallest absolute Gasteiger partial charge is 0.305 e. The molecule has 0 saturated heterocycles. The number of aliphatic hydroxyl groups is 2. The third kappa shape index (κ3) is 58.7. The van der Waals surface area contributed by atoms with Crippen LogP contribution in [0.2, 0.25) is 0 Å². The fraction of sp³-hybridized carbons (Fsp3) is 0.821. The Hall–Kier alpha value is -2.44. The number of aliphatic hydroxyl groups excluding tert-OH is 2. The number of esters is 1. The summed E-state index contributed by atoms with van der Waals surface area (Å²) in [5, 5.41) is 23.0. The second-order valence-corrected chi connectivity index (χ2v) is 21.7. The number of allylic oxidation sites excluding steroid dienone is 9. The van der Waals surface area contributed by atoms with Crippen molar-refractivity contribution in [3.05, 3.63) is 60.8 Å². The average molecular weight is 1020 g/mol. The Morgan fingerprint density at radius 3 is 1.10 bits per heavy atom. The van der Waals surface area contributed by atoms with E-state index in [1.165, 1.54) is 244 Å². The summed E-state index contributed by atoms with van der Waals surface area (Å²) in [4.78, 5) is 24.4. The van der Waals surface area contributed by atoms with E-state index >= 15 is 0 Å². The van der Waals surface area contributed by atoms with Crippen LogP contribution in [0.15, 0.2) is 60.8 Å². The van der Waals surface area contributed by atoms with Gasteiger partial charge in [-0.15, -0.1) is 0 Å². The van der Waals surface area contributed by atoms with Crippen molar-refractivity contribution in [1.82, 2.24) is 5.32 Å². The lowest BCUT2D eigenvalue weighted by atomic mass is 10.0. The van der Waals surface area contributed by atoms with Crippen molar-refractivity contribution in [2.75, 3.05) is 13.2 Å². The molecule has 0 aliphatic carbocycles. The molecular weight excluding hydrogens is 899 g/mol. The van der Waals surface area contributed by atoms with Gasteiger partial charge in [-0.1, -0.05) is 286 Å². The Labute approximate surface area is 454 Å². The van der Waals surface area contributed by atoms with Crippen LogP contribution in [0.4, 0.5) is 0 Å². The van der Waals surface area contributed by atoms with E-state index in [9.17, 15) is 19.8 Å². The third-order valence-corrected chi connectivity index (χ3v) is 14.5. The van der Waals surface area contributed by atoms with Gasteiger partial charge in [0.25, 0.3) is 0 Å². The summed E-state index contributed by atoms with van der Waals surface area (Å²) in [6.45, 7) is 4.82. The summed E-state index contributed by atoms with van der Waals surface area (Å²) in [7, 11) is 0. The summed E-state index contributed by atoms with van der Waals surface area (Å²) in [5.41, 5.74) is 0. The number of nitrogens with one attached hydrogen (secondary N) is 1. The fourth-order valence-electron chi connectivity index (χ4n) is 9.59. The van der Waals surface area contributed by atoms with E-state index < -0.39 is 12.1 Å². The van der Waals surface area contributed by atoms with Crippen LogP contribution in [-0.2, 0) is 14.3 Å². The largest absolute Gasteiger partial charge is 0.466 e. The van der Waals surface area contributed by atoms with Crippen molar-refractivity contribution in [3.63, 3.8) is 0 Å². The van der Waals surface area contributed by atoms with Gasteiger partial charge in [-0.2, -0.15) is 0 Å². The first-order chi connectivity index (χ1) is 36.0. The SMILES string of the molecule is CCC/C=C\C/C=C\CCCCCCCC(=O)OCCCCCCCCCCC/C=C\C/C=C\CCCCCCCCCCCCCCCCCCCC(=O)NC(CO)C(O)/C=C/CCCCCCCCCC. The van der Waals surface area contributed by atoms with Gasteiger partial charge in [-0.05, 0) is 89.9 Å². The summed E-state index contributed by atoms with van der Waals surface area (Å²) in [6.07, 6.45) is 81.5. The van der Waals surface area contributed by atoms with Gasteiger partial charge in [-0.3, -0.25) is 9.59 Å². The van der Waals surface area contributed by atoms with Gasteiger partial charge in [0.2, 0.25) is 5.91 Å². The van der Waals surface area contributed by atoms with E-state index in [0.717, 1.165) is 57.8 Å². The molecule has 0 fully saturated rings. The summed E-state index contributed by atoms with van der Waals surface area (Å²) in [6, 6.07) is -0.625. The van der Waals surface area contributed by atoms with Crippen molar-refractivity contribution in [3.8, 4) is 0 Å². The highest BCUT2D eigenvalue weighted by atomic mass is 16.5. The molecule has 0 rings (SSSR count). The molecule has 0 saturated carbocycles. The van der Waals surface area contributed by atoms with E-state index in [0.29, 0.717) is 19.4 Å². The minimum Gasteiger partial charge on any atom is -0.466 e. The lowest BCUT2D eigenvalue weighted by Crippen LogP contribution is -2.45. The Kier molecular flexibility index (Phi) is 60.0. The van der Waals surface area contributed by atoms with Crippen molar-refractivity contribution < 1.29 is 24.5 Å². The molecule has 3 N–H and O–H groups in total. The van der Waals surface area contributed by atoms with Crippen molar-refractivity contribution >= 4 is 11.9 Å². The monoisotopic (exact) mass is 1020 g/mol. The number of unbranched alkanes of at least 4 members (excludes halogenated alkanes) is 40. The maximum absolute atomic E-state index is 12.4. The minimum absolute atomic E-state index is 0.00213. The van der Waals surface area contributed by atoms with E-state index in [4.69, 9.17) is 4.74 Å². The van der Waals surface area contributed by atoms with Crippen LogP contribution in [0, 0.1) is 0 Å². The summed E-state index contributed by atoms with van der Waals surface area (Å²) in [5.74, 6) is -0.0702. The van der Waals surface area contributed by atoms with Crippen LogP contribution < -0.4 is 5.32 Å². The molecule has 73 heavy (non-hydrogen) atoms. The predicted octanol–water partition coefficient (Wildman–Crippen LogP) is 20.3. The lowest BCUT2D eigenvalue weighted by molar-refractivity contribution is -0.143. The molecule has 0 aliphatic heterocycles. The molecule has 0 aromatic rings. The summed E-state index contributed by atoms with van der Waals surface area (Å²) >= 11 is 0. The molecule has 0 aliphatic rings. The number of hydrogen-bond donors (Lipinski definition) is 3. The van der Waals surface area contributed by atoms with Crippen LogP contribution in [-0.4, -0.2) is 47.4 Å². The van der Waals surface area contributed by atoms with E-state index in [1.807, 2.05) is 6.08 Å². The van der Waals surface area contributed by atoms with Crippen molar-refractivity contribution in [2.24, 2.45) is 0 Å². The van der Waals surface area contributed by atoms with E-state index in [1.54, 1.807) is 6.08 Å². The van der Waals surface area contributed by atoms with Gasteiger partial charge in [0, 0.05) is 12.8 Å². The van der Waals surface area contributed by atoms with E-state index in [-0.39, 0.29) is 18.5 Å². The lowest BCUT2D eigenvalue weighted by Gasteiger charge is -2.20. The Morgan fingerprint density at radius 2 is 0.712 bits per heavy atom. The molecule has 1 amide bonds. The number of ether oxygens (including phenoxy) is 1. The molecule has 6 nitrogen and oxygen atoms in total. The number of amides is 1. The number of carbonyl (C=O) groups excluding carboxylic acids is 2. The standard InChI is InChI=1S/C67H123NO5/c1-3-5-7-9-11-13-15-37-41-45-49-53-57-61-67(72)73-62-58-54-50-46-42-39-36-34-32-30-28-26-24-22-20-18-16-17-19-21-23-25-27-29-31-33-35-38-40-44-48-52-56-60-66(71)68-64(63-69)65(70)59-55-51-47-43-14-12-10-8-6-4-2/h7,9,13,15,20,22,26,28,55,59,64-65,69-70H,3-6,8,10-12,14,16-19,21,23-25,27,29-54,56-58,60-63H2,1-2H3,(H,68,71)/b9-7-,15-13-,22-20-,28-26-,59-55+. The zero-order valence-corrected chi connectivity index (χ0v) is 48.6. The first-order valence-corrected chi connectivity index (χ1v) is 32.1. The zero-order valence-electron chi connectivity index (χ0n) is 48.6. The molecule has 426 valence electrons. The van der Waals surface area contributed by atoms with Crippen LogP contribution in [0.25, 0.3) is 0 Å². The fourth-order valence-corrected chi connectivity index (χ4v) is 9.59. The van der Waals surface area contributed by atoms with Gasteiger partial charge in [0.1, 0.15) is 0 Å². The first-order valence-electron chi connectivity index (χ1n) is 32.1. The van der Waals surface area contributed by atoms with Gasteiger partial charge in [-0.25, -0.2) is 0 Å². The predicted molar refractivity (Wildman–Crippen MR) is 319 cm³/mol. The number of carbonyl (C=O) groups is 2. The molecule has 0 aromatic carbocycles. The van der Waals surface area contributed by atoms with Crippen molar-refractivity contribution in [1.29, 1.82) is 0 Å². The molecular formula is C67H123NO5. The molecule has 0 spiro atoms. The molecule has 2 unspecified atom stereocenters. The zero-order chi connectivity index (χ0) is 52.9. The van der Waals surface area contributed by atoms with Crippen LogP contribution in [0.1, 0.15) is 328 Å². The summed E-state index contributed by atoms with van der Waals surface area (Å²) < 4.78 is 5.47. The maximum atomic E-state index is 12.4. The van der Waals surface area contributed by atoms with Crippen LogP contribution >= 0.6 is 0 Å². The Morgan fingerprint density at radius 1 is 0.384 bits per heavy atom. The number of hydrogen-bond acceptors (Lipinski definition) is 5. The topological polar surface area (TPSA) is 95.9 Å². The molecule has 2 atom stereocenters. The van der Waals surface area contributed by atoms with Crippen LogP contribution in [0.3, 0.4) is 0 Å². The maximum Gasteiger partial charge on any atom is 0.305 e. The van der Waals surface area contributed by atoms with Gasteiger partial charge in [0.05, 0.1) is 25.4 Å². The van der Waals surface area contributed by atoms with Gasteiger partial charge < -0.3 is 20.3 Å². The van der Waals surface area contributed by atoms with Crippen LogP contribution in [0.5, 0.6) is 0 Å². The van der Waals surface area contributed by atoms with E-state index in [2.05, 4.69) is 67.8 Å².